The van der Waals surface area contributed by atoms with Gasteiger partial charge in [0.15, 0.2) is 0 Å². The summed E-state index contributed by atoms with van der Waals surface area (Å²) in [6.45, 7) is 6.66. The largest absolute Gasteiger partial charge is 0.405 e. The lowest BCUT2D eigenvalue weighted by atomic mass is 9.93. The molecule has 5 heteroatoms. The molecular weight excluding hydrogens is 217 g/mol. The molecule has 0 aliphatic carbocycles. The molecule has 1 aliphatic heterocycles. The Labute approximate surface area is 95.0 Å². The van der Waals surface area contributed by atoms with Crippen molar-refractivity contribution in [1.82, 2.24) is 4.90 Å². The van der Waals surface area contributed by atoms with Crippen molar-refractivity contribution < 1.29 is 13.2 Å². The minimum Gasteiger partial charge on any atom is -0.326 e. The van der Waals surface area contributed by atoms with E-state index in [0.29, 0.717) is 19.5 Å². The van der Waals surface area contributed by atoms with Crippen molar-refractivity contribution in [1.29, 1.82) is 0 Å². The van der Waals surface area contributed by atoms with Gasteiger partial charge in [0.05, 0.1) is 0 Å². The Balaban J connectivity index is 2.79. The molecule has 0 radical (unpaired) electrons. The summed E-state index contributed by atoms with van der Waals surface area (Å²) in [5.74, 6) is 0. The molecule has 1 aliphatic rings. The summed E-state index contributed by atoms with van der Waals surface area (Å²) in [4.78, 5) is 1.49. The summed E-state index contributed by atoms with van der Waals surface area (Å²) in [5, 5.41) is 0. The number of alkyl halides is 3. The average molecular weight is 238 g/mol. The van der Waals surface area contributed by atoms with Gasteiger partial charge in [-0.3, -0.25) is 4.90 Å². The molecule has 1 rings (SSSR count). The van der Waals surface area contributed by atoms with E-state index in [9.17, 15) is 13.2 Å². The number of nitrogens with two attached hydrogens (primary N) is 1. The summed E-state index contributed by atoms with van der Waals surface area (Å²) in [6.07, 6.45) is -3.08. The standard InChI is InChI=1S/C11H21F3N2/c1-4-8(15)9(11(12,13)14)16-6-5-10(2,3)7-16/h8-9H,4-7,15H2,1-3H3. The first-order valence-electron chi connectivity index (χ1n) is 5.74. The highest BCUT2D eigenvalue weighted by atomic mass is 19.4. The van der Waals surface area contributed by atoms with Crippen LogP contribution in [0.15, 0.2) is 0 Å². The lowest BCUT2D eigenvalue weighted by molar-refractivity contribution is -0.187. The fourth-order valence-electron chi connectivity index (χ4n) is 2.34. The number of nitrogens with zero attached hydrogens (tertiary/aromatic N) is 1. The SMILES string of the molecule is CCC(N)C(N1CCC(C)(C)C1)C(F)(F)F. The highest BCUT2D eigenvalue weighted by Gasteiger charge is 2.49. The molecule has 0 aromatic carbocycles. The van der Waals surface area contributed by atoms with Crippen LogP contribution in [0.3, 0.4) is 0 Å². The van der Waals surface area contributed by atoms with Gasteiger partial charge in [-0.1, -0.05) is 20.8 Å². The third-order valence-electron chi connectivity index (χ3n) is 3.31. The quantitative estimate of drug-likeness (QED) is 0.818. The highest BCUT2D eigenvalue weighted by Crippen LogP contribution is 2.36. The lowest BCUT2D eigenvalue weighted by Crippen LogP contribution is -2.55. The normalized spacial score (nSPS) is 25.7. The second-order valence-corrected chi connectivity index (χ2v) is 5.44. The van der Waals surface area contributed by atoms with E-state index in [1.165, 1.54) is 4.90 Å². The van der Waals surface area contributed by atoms with Gasteiger partial charge in [-0.15, -0.1) is 0 Å². The van der Waals surface area contributed by atoms with Gasteiger partial charge in [-0.2, -0.15) is 13.2 Å². The summed E-state index contributed by atoms with van der Waals surface area (Å²) in [7, 11) is 0. The maximum absolute atomic E-state index is 12.9. The molecule has 2 atom stereocenters. The first-order valence-corrected chi connectivity index (χ1v) is 5.74. The molecular formula is C11H21F3N2. The van der Waals surface area contributed by atoms with E-state index in [1.54, 1.807) is 6.92 Å². The number of hydrogen-bond acceptors (Lipinski definition) is 2. The molecule has 0 aromatic rings. The fraction of sp³-hybridized carbons (Fsp3) is 1.00. The van der Waals surface area contributed by atoms with E-state index in [1.807, 2.05) is 13.8 Å². The minimum atomic E-state index is -4.23. The average Bonchev–Trinajstić information content (AvgIpc) is 2.43. The zero-order valence-corrected chi connectivity index (χ0v) is 10.1. The molecule has 2 unspecified atom stereocenters. The maximum Gasteiger partial charge on any atom is 0.405 e. The smallest absolute Gasteiger partial charge is 0.326 e. The van der Waals surface area contributed by atoms with E-state index in [4.69, 9.17) is 5.73 Å². The summed E-state index contributed by atoms with van der Waals surface area (Å²) in [6, 6.07) is -2.31. The van der Waals surface area contributed by atoms with Crippen LogP contribution in [-0.2, 0) is 0 Å². The number of rotatable bonds is 3. The molecule has 96 valence electrons. The Morgan fingerprint density at radius 2 is 1.94 bits per heavy atom. The van der Waals surface area contributed by atoms with Crippen LogP contribution < -0.4 is 5.73 Å². The molecule has 16 heavy (non-hydrogen) atoms. The molecule has 2 N–H and O–H groups in total. The van der Waals surface area contributed by atoms with Crippen LogP contribution in [0.5, 0.6) is 0 Å². The van der Waals surface area contributed by atoms with Crippen molar-refractivity contribution in [3.8, 4) is 0 Å². The van der Waals surface area contributed by atoms with E-state index >= 15 is 0 Å². The Bertz CT molecular complexity index is 238. The molecule has 1 saturated heterocycles. The molecule has 0 saturated carbocycles. The Kier molecular flexibility index (Phi) is 3.90. The van der Waals surface area contributed by atoms with Gasteiger partial charge in [-0.25, -0.2) is 0 Å². The van der Waals surface area contributed by atoms with Crippen molar-refractivity contribution in [3.63, 3.8) is 0 Å². The molecule has 1 heterocycles. The zero-order chi connectivity index (χ0) is 12.6. The van der Waals surface area contributed by atoms with Crippen LogP contribution in [0.4, 0.5) is 13.2 Å². The Morgan fingerprint density at radius 3 is 2.25 bits per heavy atom. The molecule has 1 fully saturated rings. The van der Waals surface area contributed by atoms with Crippen molar-refractivity contribution in [2.45, 2.75) is 51.9 Å². The van der Waals surface area contributed by atoms with Crippen LogP contribution in [-0.4, -0.2) is 36.2 Å². The third-order valence-corrected chi connectivity index (χ3v) is 3.31. The molecule has 0 amide bonds. The van der Waals surface area contributed by atoms with Gasteiger partial charge < -0.3 is 5.73 Å². The fourth-order valence-corrected chi connectivity index (χ4v) is 2.34. The van der Waals surface area contributed by atoms with E-state index in [-0.39, 0.29) is 5.41 Å². The van der Waals surface area contributed by atoms with E-state index in [0.717, 1.165) is 6.42 Å². The third kappa shape index (κ3) is 3.10. The minimum absolute atomic E-state index is 0.0308. The molecule has 2 nitrogen and oxygen atoms in total. The van der Waals surface area contributed by atoms with Gasteiger partial charge in [0.1, 0.15) is 6.04 Å². The maximum atomic E-state index is 12.9. The van der Waals surface area contributed by atoms with Gasteiger partial charge >= 0.3 is 6.18 Å². The van der Waals surface area contributed by atoms with Crippen molar-refractivity contribution in [2.75, 3.05) is 13.1 Å². The first kappa shape index (κ1) is 13.8. The molecule has 0 spiro atoms. The summed E-state index contributed by atoms with van der Waals surface area (Å²) >= 11 is 0. The Hall–Kier alpha value is -0.290. The number of hydrogen-bond donors (Lipinski definition) is 1. The first-order chi connectivity index (χ1) is 7.17. The predicted octanol–water partition coefficient (Wildman–Crippen LogP) is 2.39. The molecule has 0 bridgehead atoms. The van der Waals surface area contributed by atoms with Crippen LogP contribution in [0.25, 0.3) is 0 Å². The summed E-state index contributed by atoms with van der Waals surface area (Å²) < 4.78 is 38.8. The highest BCUT2D eigenvalue weighted by molar-refractivity contribution is 4.94. The second kappa shape index (κ2) is 4.53. The number of halogens is 3. The van der Waals surface area contributed by atoms with Crippen molar-refractivity contribution >= 4 is 0 Å². The van der Waals surface area contributed by atoms with Crippen LogP contribution >= 0.6 is 0 Å². The van der Waals surface area contributed by atoms with Crippen molar-refractivity contribution in [3.05, 3.63) is 0 Å². The monoisotopic (exact) mass is 238 g/mol. The van der Waals surface area contributed by atoms with E-state index in [2.05, 4.69) is 0 Å². The van der Waals surface area contributed by atoms with Crippen molar-refractivity contribution in [2.24, 2.45) is 11.1 Å². The van der Waals surface area contributed by atoms with Gasteiger partial charge in [0.2, 0.25) is 0 Å². The van der Waals surface area contributed by atoms with Crippen LogP contribution in [0.1, 0.15) is 33.6 Å². The number of likely N-dealkylation sites (tertiary alicyclic amines) is 1. The lowest BCUT2D eigenvalue weighted by Gasteiger charge is -2.34. The zero-order valence-electron chi connectivity index (χ0n) is 10.1. The second-order valence-electron chi connectivity index (χ2n) is 5.44. The van der Waals surface area contributed by atoms with Crippen LogP contribution in [0.2, 0.25) is 0 Å². The van der Waals surface area contributed by atoms with E-state index < -0.39 is 18.3 Å². The summed E-state index contributed by atoms with van der Waals surface area (Å²) in [5.41, 5.74) is 5.58. The predicted molar refractivity (Wildman–Crippen MR) is 58.1 cm³/mol. The van der Waals surface area contributed by atoms with Gasteiger partial charge in [0, 0.05) is 12.6 Å². The van der Waals surface area contributed by atoms with Gasteiger partial charge in [0.25, 0.3) is 0 Å². The van der Waals surface area contributed by atoms with Gasteiger partial charge in [-0.05, 0) is 24.8 Å². The topological polar surface area (TPSA) is 29.3 Å². The molecule has 0 aromatic heterocycles. The Morgan fingerprint density at radius 1 is 1.38 bits per heavy atom. The van der Waals surface area contributed by atoms with Crippen LogP contribution in [0, 0.1) is 5.41 Å².